The summed E-state index contributed by atoms with van der Waals surface area (Å²) < 4.78 is 4.97. The average Bonchev–Trinajstić information content (AvgIpc) is 2.08. The second kappa shape index (κ2) is 5.24. The normalized spacial score (nSPS) is 10.2. The number of benzene rings is 1. The van der Waals surface area contributed by atoms with Gasteiger partial charge in [0.15, 0.2) is 5.75 Å². The Kier molecular flexibility index (Phi) is 4.24. The van der Waals surface area contributed by atoms with E-state index in [1.807, 2.05) is 13.8 Å². The van der Waals surface area contributed by atoms with Crippen LogP contribution < -0.4 is 10.1 Å². The summed E-state index contributed by atoms with van der Waals surface area (Å²) in [5.74, 6) is 0.291. The molecule has 1 rings (SSSR count). The number of hydrogen-bond acceptors (Lipinski definition) is 2. The highest BCUT2D eigenvalue weighted by molar-refractivity contribution is 6.35. The number of carbonyl (C=O) groups is 1. The minimum Gasteiger partial charge on any atom is -0.409 e. The number of ether oxygens (including phenoxy) is 1. The summed E-state index contributed by atoms with van der Waals surface area (Å²) in [6, 6.07) is 4.68. The molecular formula is C10H11Cl2NO2. The zero-order chi connectivity index (χ0) is 11.4. The Morgan fingerprint density at radius 2 is 2.07 bits per heavy atom. The summed E-state index contributed by atoms with van der Waals surface area (Å²) in [6.07, 6.45) is -0.533. The lowest BCUT2D eigenvalue weighted by molar-refractivity contribution is 0.198. The van der Waals surface area contributed by atoms with Crippen molar-refractivity contribution in [2.75, 3.05) is 0 Å². The summed E-state index contributed by atoms with van der Waals surface area (Å²) in [5, 5.41) is 3.38. The van der Waals surface area contributed by atoms with Crippen molar-refractivity contribution >= 4 is 29.3 Å². The molecule has 15 heavy (non-hydrogen) atoms. The van der Waals surface area contributed by atoms with Gasteiger partial charge in [-0.25, -0.2) is 4.79 Å². The smallest absolute Gasteiger partial charge is 0.409 e. The molecule has 0 aliphatic heterocycles. The molecule has 0 fully saturated rings. The molecule has 1 amide bonds. The van der Waals surface area contributed by atoms with E-state index < -0.39 is 6.09 Å². The molecule has 0 radical (unpaired) electrons. The van der Waals surface area contributed by atoms with Crippen LogP contribution in [-0.2, 0) is 0 Å². The predicted molar refractivity (Wildman–Crippen MR) is 60.8 cm³/mol. The van der Waals surface area contributed by atoms with Gasteiger partial charge in [0, 0.05) is 11.1 Å². The SMILES string of the molecule is CC(C)NC(=O)Oc1ccc(Cl)cc1Cl. The minimum absolute atomic E-state index is 0.0172. The number of carbonyl (C=O) groups excluding carboxylic acids is 1. The van der Waals surface area contributed by atoms with Gasteiger partial charge in [0.05, 0.1) is 5.02 Å². The highest BCUT2D eigenvalue weighted by Crippen LogP contribution is 2.27. The van der Waals surface area contributed by atoms with Gasteiger partial charge in [-0.05, 0) is 32.0 Å². The Morgan fingerprint density at radius 3 is 2.60 bits per heavy atom. The van der Waals surface area contributed by atoms with E-state index in [1.54, 1.807) is 12.1 Å². The number of halogens is 2. The van der Waals surface area contributed by atoms with Gasteiger partial charge < -0.3 is 10.1 Å². The molecule has 0 saturated heterocycles. The Balaban J connectivity index is 2.68. The van der Waals surface area contributed by atoms with Crippen LogP contribution in [0.2, 0.25) is 10.0 Å². The lowest BCUT2D eigenvalue weighted by Crippen LogP contribution is -2.32. The molecule has 0 aliphatic rings. The maximum atomic E-state index is 11.2. The third kappa shape index (κ3) is 3.98. The van der Waals surface area contributed by atoms with Gasteiger partial charge in [-0.1, -0.05) is 23.2 Å². The predicted octanol–water partition coefficient (Wildman–Crippen LogP) is 3.49. The number of rotatable bonds is 2. The van der Waals surface area contributed by atoms with Crippen LogP contribution in [0, 0.1) is 0 Å². The third-order valence-electron chi connectivity index (χ3n) is 1.50. The fraction of sp³-hybridized carbons (Fsp3) is 0.300. The highest BCUT2D eigenvalue weighted by atomic mass is 35.5. The van der Waals surface area contributed by atoms with Crippen LogP contribution in [-0.4, -0.2) is 12.1 Å². The molecular weight excluding hydrogens is 237 g/mol. The fourth-order valence-corrected chi connectivity index (χ4v) is 1.37. The number of amides is 1. The Morgan fingerprint density at radius 1 is 1.40 bits per heavy atom. The van der Waals surface area contributed by atoms with Crippen LogP contribution >= 0.6 is 23.2 Å². The van der Waals surface area contributed by atoms with Crippen molar-refractivity contribution in [1.82, 2.24) is 5.32 Å². The van der Waals surface area contributed by atoms with Crippen molar-refractivity contribution < 1.29 is 9.53 Å². The molecule has 0 spiro atoms. The van der Waals surface area contributed by atoms with E-state index >= 15 is 0 Å². The first-order chi connectivity index (χ1) is 6.99. The third-order valence-corrected chi connectivity index (χ3v) is 2.03. The summed E-state index contributed by atoms with van der Waals surface area (Å²) in [7, 11) is 0. The van der Waals surface area contributed by atoms with Crippen molar-refractivity contribution in [2.24, 2.45) is 0 Å². The minimum atomic E-state index is -0.533. The second-order valence-corrected chi connectivity index (χ2v) is 4.11. The van der Waals surface area contributed by atoms with Gasteiger partial charge in [0.1, 0.15) is 0 Å². The first-order valence-corrected chi connectivity index (χ1v) is 5.18. The quantitative estimate of drug-likeness (QED) is 0.869. The van der Waals surface area contributed by atoms with Gasteiger partial charge in [-0.2, -0.15) is 0 Å². The number of nitrogens with one attached hydrogen (secondary N) is 1. The van der Waals surface area contributed by atoms with Crippen LogP contribution in [0.25, 0.3) is 0 Å². The molecule has 82 valence electrons. The van der Waals surface area contributed by atoms with Gasteiger partial charge >= 0.3 is 6.09 Å². The van der Waals surface area contributed by atoms with E-state index in [1.165, 1.54) is 6.07 Å². The molecule has 0 heterocycles. The highest BCUT2D eigenvalue weighted by Gasteiger charge is 2.09. The van der Waals surface area contributed by atoms with Crippen LogP contribution in [0.15, 0.2) is 18.2 Å². The molecule has 1 aromatic rings. The van der Waals surface area contributed by atoms with E-state index in [-0.39, 0.29) is 6.04 Å². The van der Waals surface area contributed by atoms with Crippen molar-refractivity contribution in [2.45, 2.75) is 19.9 Å². The first kappa shape index (κ1) is 12.1. The topological polar surface area (TPSA) is 38.3 Å². The zero-order valence-electron chi connectivity index (χ0n) is 8.38. The Hall–Kier alpha value is -0.930. The average molecular weight is 248 g/mol. The van der Waals surface area contributed by atoms with Crippen molar-refractivity contribution in [1.29, 1.82) is 0 Å². The maximum absolute atomic E-state index is 11.2. The summed E-state index contributed by atoms with van der Waals surface area (Å²) in [4.78, 5) is 11.2. The monoisotopic (exact) mass is 247 g/mol. The Labute approximate surface area is 98.3 Å². The molecule has 1 aromatic carbocycles. The summed E-state index contributed by atoms with van der Waals surface area (Å²) in [6.45, 7) is 3.68. The second-order valence-electron chi connectivity index (χ2n) is 3.26. The summed E-state index contributed by atoms with van der Waals surface area (Å²) in [5.41, 5.74) is 0. The molecule has 0 unspecified atom stereocenters. The molecule has 3 nitrogen and oxygen atoms in total. The van der Waals surface area contributed by atoms with E-state index in [0.717, 1.165) is 0 Å². The summed E-state index contributed by atoms with van der Waals surface area (Å²) >= 11 is 11.5. The van der Waals surface area contributed by atoms with Crippen LogP contribution in [0.3, 0.4) is 0 Å². The van der Waals surface area contributed by atoms with E-state index in [2.05, 4.69) is 5.32 Å². The molecule has 0 atom stereocenters. The largest absolute Gasteiger partial charge is 0.412 e. The van der Waals surface area contributed by atoms with Crippen LogP contribution in [0.5, 0.6) is 5.75 Å². The van der Waals surface area contributed by atoms with Gasteiger partial charge in [-0.15, -0.1) is 0 Å². The van der Waals surface area contributed by atoms with Gasteiger partial charge in [0.25, 0.3) is 0 Å². The van der Waals surface area contributed by atoms with E-state index in [4.69, 9.17) is 27.9 Å². The van der Waals surface area contributed by atoms with Crippen molar-refractivity contribution in [3.63, 3.8) is 0 Å². The molecule has 1 N–H and O–H groups in total. The Bertz CT molecular complexity index is 366. The molecule has 0 aliphatic carbocycles. The lowest BCUT2D eigenvalue weighted by atomic mass is 10.3. The number of hydrogen-bond donors (Lipinski definition) is 1. The van der Waals surface area contributed by atoms with Crippen molar-refractivity contribution in [3.05, 3.63) is 28.2 Å². The molecule has 0 saturated carbocycles. The standard InChI is InChI=1S/C10H11Cl2NO2/c1-6(2)13-10(14)15-9-4-3-7(11)5-8(9)12/h3-6H,1-2H3,(H,13,14). The zero-order valence-corrected chi connectivity index (χ0v) is 9.89. The van der Waals surface area contributed by atoms with Gasteiger partial charge in [-0.3, -0.25) is 0 Å². The van der Waals surface area contributed by atoms with Crippen LogP contribution in [0.4, 0.5) is 4.79 Å². The van der Waals surface area contributed by atoms with Crippen LogP contribution in [0.1, 0.15) is 13.8 Å². The molecule has 0 bridgehead atoms. The lowest BCUT2D eigenvalue weighted by Gasteiger charge is -2.09. The fourth-order valence-electron chi connectivity index (χ4n) is 0.923. The van der Waals surface area contributed by atoms with E-state index in [0.29, 0.717) is 15.8 Å². The maximum Gasteiger partial charge on any atom is 0.412 e. The van der Waals surface area contributed by atoms with Gasteiger partial charge in [0.2, 0.25) is 0 Å². The first-order valence-electron chi connectivity index (χ1n) is 4.42. The molecule has 0 aromatic heterocycles. The van der Waals surface area contributed by atoms with E-state index in [9.17, 15) is 4.79 Å². The van der Waals surface area contributed by atoms with Crippen molar-refractivity contribution in [3.8, 4) is 5.75 Å². The molecule has 5 heteroatoms.